The van der Waals surface area contributed by atoms with Gasteiger partial charge < -0.3 is 10.2 Å². The van der Waals surface area contributed by atoms with Crippen LogP contribution in [0.2, 0.25) is 0 Å². The number of nitrogens with one attached hydrogen (secondary N) is 1. The van der Waals surface area contributed by atoms with Crippen molar-refractivity contribution in [1.82, 2.24) is 15.3 Å². The number of hydrogen-bond donors (Lipinski definition) is 1. The Balaban J connectivity index is 1.75. The number of rotatable bonds is 5. The fourth-order valence-electron chi connectivity index (χ4n) is 3.41. The van der Waals surface area contributed by atoms with Crippen LogP contribution in [-0.4, -0.2) is 28.5 Å². The summed E-state index contributed by atoms with van der Waals surface area (Å²) in [6.45, 7) is 5.30. The second-order valence-corrected chi connectivity index (χ2v) is 6.66. The molecular formula is C20H26N4O. The Bertz CT molecular complexity index is 704. The Labute approximate surface area is 149 Å². The molecule has 5 nitrogen and oxygen atoms in total. The van der Waals surface area contributed by atoms with Crippen LogP contribution in [0.3, 0.4) is 0 Å². The molecule has 0 saturated carbocycles. The lowest BCUT2D eigenvalue weighted by atomic mass is 10.0. The summed E-state index contributed by atoms with van der Waals surface area (Å²) in [6, 6.07) is 8.05. The summed E-state index contributed by atoms with van der Waals surface area (Å²) < 4.78 is 0. The molecule has 1 aliphatic heterocycles. The van der Waals surface area contributed by atoms with Crippen molar-refractivity contribution in [2.24, 2.45) is 0 Å². The van der Waals surface area contributed by atoms with Gasteiger partial charge in [0.05, 0.1) is 6.04 Å². The minimum absolute atomic E-state index is 0.0129. The summed E-state index contributed by atoms with van der Waals surface area (Å²) in [5.74, 6) is 0.841. The lowest BCUT2D eigenvalue weighted by Gasteiger charge is -2.34. The average Bonchev–Trinajstić information content (AvgIpc) is 2.67. The topological polar surface area (TPSA) is 58.1 Å². The van der Waals surface area contributed by atoms with E-state index in [0.717, 1.165) is 24.3 Å². The van der Waals surface area contributed by atoms with E-state index in [1.807, 2.05) is 18.2 Å². The van der Waals surface area contributed by atoms with E-state index < -0.39 is 0 Å². The van der Waals surface area contributed by atoms with E-state index in [0.29, 0.717) is 11.6 Å². The van der Waals surface area contributed by atoms with Gasteiger partial charge in [0.15, 0.2) is 0 Å². The zero-order chi connectivity index (χ0) is 17.6. The maximum absolute atomic E-state index is 12.7. The summed E-state index contributed by atoms with van der Waals surface area (Å²) in [6.07, 6.45) is 9.71. The van der Waals surface area contributed by atoms with Gasteiger partial charge in [-0.05, 0) is 62.4 Å². The first-order valence-electron chi connectivity index (χ1n) is 9.12. The molecule has 1 N–H and O–H groups in total. The van der Waals surface area contributed by atoms with Crippen molar-refractivity contribution in [3.63, 3.8) is 0 Å². The predicted molar refractivity (Wildman–Crippen MR) is 99.6 cm³/mol. The molecule has 25 heavy (non-hydrogen) atoms. The molecule has 3 heterocycles. The van der Waals surface area contributed by atoms with Crippen molar-refractivity contribution in [2.75, 3.05) is 11.4 Å². The molecule has 1 saturated heterocycles. The molecule has 0 aromatic carbocycles. The maximum Gasteiger partial charge on any atom is 0.251 e. The average molecular weight is 338 g/mol. The van der Waals surface area contributed by atoms with Gasteiger partial charge in [-0.15, -0.1) is 0 Å². The number of carbonyl (C=O) groups excluding carboxylic acids is 1. The summed E-state index contributed by atoms with van der Waals surface area (Å²) in [5.41, 5.74) is 1.74. The van der Waals surface area contributed by atoms with Crippen LogP contribution in [-0.2, 0) is 0 Å². The molecule has 0 radical (unpaired) electrons. The molecule has 132 valence electrons. The van der Waals surface area contributed by atoms with Gasteiger partial charge in [0.25, 0.3) is 5.91 Å². The highest BCUT2D eigenvalue weighted by Gasteiger charge is 2.21. The van der Waals surface area contributed by atoms with Crippen molar-refractivity contribution in [1.29, 1.82) is 0 Å². The minimum Gasteiger partial charge on any atom is -0.354 e. The van der Waals surface area contributed by atoms with Crippen molar-refractivity contribution < 1.29 is 4.79 Å². The van der Waals surface area contributed by atoms with Crippen LogP contribution in [0.15, 0.2) is 42.9 Å². The molecule has 0 aliphatic carbocycles. The summed E-state index contributed by atoms with van der Waals surface area (Å²) in [5, 5.41) is 3.13. The van der Waals surface area contributed by atoms with E-state index in [2.05, 4.69) is 34.0 Å². The van der Waals surface area contributed by atoms with Gasteiger partial charge in [0.2, 0.25) is 0 Å². The first kappa shape index (κ1) is 17.4. The second-order valence-electron chi connectivity index (χ2n) is 6.66. The number of carbonyl (C=O) groups is 1. The molecule has 0 spiro atoms. The number of nitrogens with zero attached hydrogens (tertiary/aromatic N) is 3. The molecule has 5 heteroatoms. The highest BCUT2D eigenvalue weighted by Crippen LogP contribution is 2.24. The van der Waals surface area contributed by atoms with E-state index in [4.69, 9.17) is 0 Å². The van der Waals surface area contributed by atoms with E-state index in [1.165, 1.54) is 19.3 Å². The van der Waals surface area contributed by atoms with Crippen LogP contribution in [0.25, 0.3) is 0 Å². The van der Waals surface area contributed by atoms with Crippen LogP contribution < -0.4 is 10.2 Å². The molecular weight excluding hydrogens is 312 g/mol. The quantitative estimate of drug-likeness (QED) is 0.902. The predicted octanol–water partition coefficient (Wildman–Crippen LogP) is 3.74. The number of anilines is 1. The minimum atomic E-state index is -0.0584. The third kappa shape index (κ3) is 4.16. The standard InChI is InChI=1S/C20H26N4O/c1-3-18(16-7-10-21-11-8-16)23-20(25)17-9-12-22-19(14-17)24-13-5-4-6-15(24)2/h7-12,14-15,18H,3-6,13H2,1-2H3,(H,23,25)/t15-,18-/m0/s1. The van der Waals surface area contributed by atoms with E-state index in [-0.39, 0.29) is 11.9 Å². The van der Waals surface area contributed by atoms with Gasteiger partial charge in [-0.2, -0.15) is 0 Å². The van der Waals surface area contributed by atoms with Gasteiger partial charge in [-0.25, -0.2) is 4.98 Å². The summed E-state index contributed by atoms with van der Waals surface area (Å²) in [7, 11) is 0. The largest absolute Gasteiger partial charge is 0.354 e. The van der Waals surface area contributed by atoms with Crippen molar-refractivity contribution in [2.45, 2.75) is 51.6 Å². The molecule has 1 amide bonds. The van der Waals surface area contributed by atoms with E-state index >= 15 is 0 Å². The summed E-state index contributed by atoms with van der Waals surface area (Å²) in [4.78, 5) is 23.6. The molecule has 0 unspecified atom stereocenters. The van der Waals surface area contributed by atoms with Gasteiger partial charge in [0.1, 0.15) is 5.82 Å². The smallest absolute Gasteiger partial charge is 0.251 e. The van der Waals surface area contributed by atoms with Gasteiger partial charge in [-0.1, -0.05) is 6.92 Å². The molecule has 2 aromatic rings. The number of aromatic nitrogens is 2. The van der Waals surface area contributed by atoms with Crippen LogP contribution in [0, 0.1) is 0 Å². The molecule has 2 aromatic heterocycles. The third-order valence-corrected chi connectivity index (χ3v) is 4.93. The molecule has 1 fully saturated rings. The van der Waals surface area contributed by atoms with Crippen LogP contribution in [0.5, 0.6) is 0 Å². The molecule has 2 atom stereocenters. The lowest BCUT2D eigenvalue weighted by molar-refractivity contribution is 0.0935. The van der Waals surface area contributed by atoms with E-state index in [9.17, 15) is 4.79 Å². The Hall–Kier alpha value is -2.43. The normalized spacial score (nSPS) is 18.6. The van der Waals surface area contributed by atoms with Gasteiger partial charge >= 0.3 is 0 Å². The van der Waals surface area contributed by atoms with Crippen molar-refractivity contribution in [3.05, 3.63) is 54.0 Å². The first-order valence-corrected chi connectivity index (χ1v) is 9.12. The number of hydrogen-bond acceptors (Lipinski definition) is 4. The number of piperidine rings is 1. The molecule has 3 rings (SSSR count). The Morgan fingerprint density at radius 1 is 1.28 bits per heavy atom. The fraction of sp³-hybridized carbons (Fsp3) is 0.450. The van der Waals surface area contributed by atoms with Crippen LogP contribution >= 0.6 is 0 Å². The summed E-state index contributed by atoms with van der Waals surface area (Å²) >= 11 is 0. The highest BCUT2D eigenvalue weighted by molar-refractivity contribution is 5.95. The third-order valence-electron chi connectivity index (χ3n) is 4.93. The number of pyridine rings is 2. The highest BCUT2D eigenvalue weighted by atomic mass is 16.1. The maximum atomic E-state index is 12.7. The van der Waals surface area contributed by atoms with Crippen molar-refractivity contribution >= 4 is 11.7 Å². The van der Waals surface area contributed by atoms with Crippen LogP contribution in [0.1, 0.15) is 61.5 Å². The monoisotopic (exact) mass is 338 g/mol. The number of amides is 1. The Kier molecular flexibility index (Phi) is 5.64. The molecule has 0 bridgehead atoms. The molecule has 1 aliphatic rings. The first-order chi connectivity index (χ1) is 12.2. The van der Waals surface area contributed by atoms with Gasteiger partial charge in [-0.3, -0.25) is 9.78 Å². The second kappa shape index (κ2) is 8.10. The zero-order valence-corrected chi connectivity index (χ0v) is 15.0. The van der Waals surface area contributed by atoms with Crippen molar-refractivity contribution in [3.8, 4) is 0 Å². The van der Waals surface area contributed by atoms with Gasteiger partial charge in [0, 0.05) is 36.7 Å². The Morgan fingerprint density at radius 2 is 2.08 bits per heavy atom. The fourth-order valence-corrected chi connectivity index (χ4v) is 3.41. The zero-order valence-electron chi connectivity index (χ0n) is 15.0. The van der Waals surface area contributed by atoms with E-state index in [1.54, 1.807) is 24.7 Å². The lowest BCUT2D eigenvalue weighted by Crippen LogP contribution is -2.38. The SMILES string of the molecule is CC[C@H](NC(=O)c1ccnc(N2CCCC[C@@H]2C)c1)c1ccncc1. The van der Waals surface area contributed by atoms with Crippen LogP contribution in [0.4, 0.5) is 5.82 Å². The Morgan fingerprint density at radius 3 is 2.80 bits per heavy atom.